The molecule has 8 heteroatoms. The van der Waals surface area contributed by atoms with E-state index in [9.17, 15) is 19.2 Å². The molecular weight excluding hydrogens is 404 g/mol. The van der Waals surface area contributed by atoms with Crippen molar-refractivity contribution < 1.29 is 23.9 Å². The van der Waals surface area contributed by atoms with Crippen molar-refractivity contribution >= 4 is 46.7 Å². The SMILES string of the molecule is CC(=O)c1ccccc1NC(=O)[C@H](C)OC(=O)[C@@]12CCC(=O)N1c1ccccc1S2. The second-order valence-electron chi connectivity index (χ2n) is 7.22. The molecule has 1 saturated heterocycles. The highest BCUT2D eigenvalue weighted by atomic mass is 32.2. The van der Waals surface area contributed by atoms with Crippen molar-refractivity contribution in [3.05, 3.63) is 54.1 Å². The summed E-state index contributed by atoms with van der Waals surface area (Å²) in [6, 6.07) is 14.0. The second-order valence-corrected chi connectivity index (χ2v) is 8.54. The number of carbonyl (C=O) groups excluding carboxylic acids is 4. The largest absolute Gasteiger partial charge is 0.450 e. The average Bonchev–Trinajstić information content (AvgIpc) is 3.24. The number of nitrogens with zero attached hydrogens (tertiary/aromatic N) is 1. The molecule has 1 N–H and O–H groups in total. The molecule has 2 amide bonds. The lowest BCUT2D eigenvalue weighted by atomic mass is 10.1. The number of para-hydroxylation sites is 2. The molecule has 0 spiro atoms. The summed E-state index contributed by atoms with van der Waals surface area (Å²) >= 11 is 1.28. The molecule has 0 aromatic heterocycles. The van der Waals surface area contributed by atoms with Gasteiger partial charge in [-0.25, -0.2) is 4.79 Å². The molecule has 0 radical (unpaired) electrons. The monoisotopic (exact) mass is 424 g/mol. The van der Waals surface area contributed by atoms with Gasteiger partial charge in [0.2, 0.25) is 5.91 Å². The summed E-state index contributed by atoms with van der Waals surface area (Å²) in [6.07, 6.45) is -0.553. The Balaban J connectivity index is 1.51. The van der Waals surface area contributed by atoms with E-state index in [0.717, 1.165) is 4.90 Å². The minimum atomic E-state index is -1.19. The van der Waals surface area contributed by atoms with E-state index in [1.165, 1.54) is 30.5 Å². The number of fused-ring (bicyclic) bond motifs is 3. The standard InChI is InChI=1S/C22H20N2O5S/c1-13(25)15-7-3-4-8-16(15)23-20(27)14(2)29-21(28)22-12-11-19(26)24(22)17-9-5-6-10-18(17)30-22/h3-10,14H,11-12H2,1-2H3,(H,23,27)/t14-,22-/m0/s1. The molecule has 154 valence electrons. The number of Topliss-reactive ketones (excluding diaryl/α,β-unsaturated/α-hetero) is 1. The molecule has 7 nitrogen and oxygen atoms in total. The number of ether oxygens (including phenoxy) is 1. The number of ketones is 1. The van der Waals surface area contributed by atoms with Gasteiger partial charge in [0.15, 0.2) is 16.8 Å². The lowest BCUT2D eigenvalue weighted by Gasteiger charge is -2.29. The van der Waals surface area contributed by atoms with E-state index in [2.05, 4.69) is 5.32 Å². The molecule has 0 aliphatic carbocycles. The van der Waals surface area contributed by atoms with Crippen molar-refractivity contribution in [2.75, 3.05) is 10.2 Å². The number of amides is 2. The van der Waals surface area contributed by atoms with E-state index in [1.54, 1.807) is 30.3 Å². The van der Waals surface area contributed by atoms with Gasteiger partial charge in [-0.2, -0.15) is 0 Å². The van der Waals surface area contributed by atoms with Crippen molar-refractivity contribution in [1.29, 1.82) is 0 Å². The van der Waals surface area contributed by atoms with Gasteiger partial charge in [0, 0.05) is 23.3 Å². The van der Waals surface area contributed by atoms with E-state index >= 15 is 0 Å². The summed E-state index contributed by atoms with van der Waals surface area (Å²) < 4.78 is 5.50. The van der Waals surface area contributed by atoms with Gasteiger partial charge in [0.05, 0.1) is 11.4 Å². The molecule has 2 heterocycles. The van der Waals surface area contributed by atoms with Gasteiger partial charge >= 0.3 is 5.97 Å². The Labute approximate surface area is 177 Å². The first-order valence-corrected chi connectivity index (χ1v) is 10.4. The van der Waals surface area contributed by atoms with Crippen LogP contribution >= 0.6 is 11.8 Å². The smallest absolute Gasteiger partial charge is 0.344 e. The van der Waals surface area contributed by atoms with E-state index in [1.807, 2.05) is 18.2 Å². The second kappa shape index (κ2) is 7.60. The number of rotatable bonds is 5. The molecule has 0 unspecified atom stereocenters. The van der Waals surface area contributed by atoms with Crippen LogP contribution in [0.25, 0.3) is 0 Å². The maximum atomic E-state index is 13.1. The summed E-state index contributed by atoms with van der Waals surface area (Å²) in [5, 5.41) is 2.65. The molecule has 1 fully saturated rings. The zero-order valence-electron chi connectivity index (χ0n) is 16.5. The van der Waals surface area contributed by atoms with Crippen molar-refractivity contribution in [1.82, 2.24) is 0 Å². The predicted molar refractivity (Wildman–Crippen MR) is 112 cm³/mol. The highest BCUT2D eigenvalue weighted by Crippen LogP contribution is 2.56. The topological polar surface area (TPSA) is 92.8 Å². The third-order valence-corrected chi connectivity index (χ3v) is 6.67. The predicted octanol–water partition coefficient (Wildman–Crippen LogP) is 3.39. The fourth-order valence-corrected chi connectivity index (χ4v) is 5.11. The fourth-order valence-electron chi connectivity index (χ4n) is 3.71. The Morgan fingerprint density at radius 2 is 1.83 bits per heavy atom. The molecule has 2 aromatic rings. The quantitative estimate of drug-likeness (QED) is 0.584. The Hall–Kier alpha value is -3.13. The molecule has 4 rings (SSSR count). The zero-order valence-corrected chi connectivity index (χ0v) is 17.3. The maximum absolute atomic E-state index is 13.1. The van der Waals surface area contributed by atoms with Gasteiger partial charge in [-0.3, -0.25) is 19.3 Å². The molecular formula is C22H20N2O5S. The van der Waals surface area contributed by atoms with E-state index in [-0.39, 0.29) is 18.1 Å². The summed E-state index contributed by atoms with van der Waals surface area (Å²) in [6.45, 7) is 2.88. The third kappa shape index (κ3) is 3.27. The number of hydrogen-bond acceptors (Lipinski definition) is 6. The van der Waals surface area contributed by atoms with Crippen LogP contribution in [0.15, 0.2) is 53.4 Å². The maximum Gasteiger partial charge on any atom is 0.344 e. The van der Waals surface area contributed by atoms with Crippen LogP contribution in [0.5, 0.6) is 0 Å². The summed E-state index contributed by atoms with van der Waals surface area (Å²) in [4.78, 5) is 51.1. The Kier molecular flexibility index (Phi) is 5.11. The number of esters is 1. The molecule has 2 atom stereocenters. The highest BCUT2D eigenvalue weighted by molar-refractivity contribution is 8.02. The van der Waals surface area contributed by atoms with Crippen LogP contribution in [0.4, 0.5) is 11.4 Å². The van der Waals surface area contributed by atoms with E-state index in [4.69, 9.17) is 4.74 Å². The Morgan fingerprint density at radius 1 is 1.13 bits per heavy atom. The van der Waals surface area contributed by atoms with Crippen molar-refractivity contribution in [3.63, 3.8) is 0 Å². The third-order valence-electron chi connectivity index (χ3n) is 5.21. The summed E-state index contributed by atoms with van der Waals surface area (Å²) in [5.74, 6) is -1.51. The van der Waals surface area contributed by atoms with Gasteiger partial charge in [0.25, 0.3) is 5.91 Å². The number of hydrogen-bond donors (Lipinski definition) is 1. The van der Waals surface area contributed by atoms with Crippen LogP contribution in [0.2, 0.25) is 0 Å². The van der Waals surface area contributed by atoms with Crippen molar-refractivity contribution in [3.8, 4) is 0 Å². The number of benzene rings is 2. The normalized spacial score (nSPS) is 20.3. The van der Waals surface area contributed by atoms with Gasteiger partial charge in [0.1, 0.15) is 0 Å². The number of anilines is 2. The molecule has 30 heavy (non-hydrogen) atoms. The van der Waals surface area contributed by atoms with Crippen LogP contribution in [-0.4, -0.2) is 34.5 Å². The fraction of sp³-hybridized carbons (Fsp3) is 0.273. The Bertz CT molecular complexity index is 1070. The van der Waals surface area contributed by atoms with Crippen LogP contribution in [-0.2, 0) is 19.1 Å². The van der Waals surface area contributed by atoms with E-state index in [0.29, 0.717) is 23.4 Å². The first-order valence-electron chi connectivity index (χ1n) is 9.56. The molecule has 2 aromatic carbocycles. The van der Waals surface area contributed by atoms with Crippen LogP contribution in [0.3, 0.4) is 0 Å². The first kappa shape index (κ1) is 20.2. The molecule has 0 bridgehead atoms. The zero-order chi connectivity index (χ0) is 21.5. The van der Waals surface area contributed by atoms with Gasteiger partial charge in [-0.05, 0) is 38.1 Å². The minimum absolute atomic E-state index is 0.142. The minimum Gasteiger partial charge on any atom is -0.450 e. The van der Waals surface area contributed by atoms with E-state index < -0.39 is 22.9 Å². The summed E-state index contributed by atoms with van der Waals surface area (Å²) in [5.41, 5.74) is 1.42. The number of nitrogens with one attached hydrogen (secondary N) is 1. The molecule has 2 aliphatic heterocycles. The number of carbonyl (C=O) groups is 4. The van der Waals surface area contributed by atoms with Crippen LogP contribution < -0.4 is 10.2 Å². The lowest BCUT2D eigenvalue weighted by molar-refractivity contribution is -0.155. The molecule has 0 saturated carbocycles. The lowest BCUT2D eigenvalue weighted by Crippen LogP contribution is -2.49. The van der Waals surface area contributed by atoms with Crippen LogP contribution in [0, 0.1) is 0 Å². The van der Waals surface area contributed by atoms with Crippen molar-refractivity contribution in [2.45, 2.75) is 42.6 Å². The summed E-state index contributed by atoms with van der Waals surface area (Å²) in [7, 11) is 0. The van der Waals surface area contributed by atoms with Gasteiger partial charge < -0.3 is 10.1 Å². The molecule has 2 aliphatic rings. The highest BCUT2D eigenvalue weighted by Gasteiger charge is 2.58. The average molecular weight is 424 g/mol. The van der Waals surface area contributed by atoms with Gasteiger partial charge in [-0.1, -0.05) is 36.0 Å². The van der Waals surface area contributed by atoms with Crippen molar-refractivity contribution in [2.24, 2.45) is 0 Å². The van der Waals surface area contributed by atoms with Crippen LogP contribution in [0.1, 0.15) is 37.0 Å². The number of thioether (sulfide) groups is 1. The first-order chi connectivity index (χ1) is 14.3. The Morgan fingerprint density at radius 3 is 2.60 bits per heavy atom. The van der Waals surface area contributed by atoms with Gasteiger partial charge in [-0.15, -0.1) is 0 Å².